The lowest BCUT2D eigenvalue weighted by atomic mass is 9.79. The van der Waals surface area contributed by atoms with Gasteiger partial charge in [0.25, 0.3) is 0 Å². The average Bonchev–Trinajstić information content (AvgIpc) is 2.37. The highest BCUT2D eigenvalue weighted by Gasteiger charge is 2.38. The molecule has 2 nitrogen and oxygen atoms in total. The molecule has 104 valence electrons. The Morgan fingerprint density at radius 1 is 1.39 bits per heavy atom. The summed E-state index contributed by atoms with van der Waals surface area (Å²) in [5, 5.41) is 0. The Bertz CT molecular complexity index is 277. The van der Waals surface area contributed by atoms with E-state index in [1.807, 2.05) is 13.8 Å². The molecule has 1 atom stereocenters. The van der Waals surface area contributed by atoms with Gasteiger partial charge in [0.1, 0.15) is 5.78 Å². The van der Waals surface area contributed by atoms with Crippen molar-refractivity contribution in [1.82, 2.24) is 0 Å². The number of ether oxygens (including phenoxy) is 1. The van der Waals surface area contributed by atoms with Crippen molar-refractivity contribution in [2.75, 3.05) is 18.1 Å². The molecule has 2 saturated heterocycles. The molecule has 2 aliphatic heterocycles. The number of Topliss-reactive ketones (excluding diaryl/α,β-unsaturated/α-hetero) is 1. The van der Waals surface area contributed by atoms with Gasteiger partial charge < -0.3 is 4.74 Å². The highest BCUT2D eigenvalue weighted by Crippen LogP contribution is 2.41. The minimum atomic E-state index is 0.176. The largest absolute Gasteiger partial charge is 0.375 e. The van der Waals surface area contributed by atoms with Gasteiger partial charge in [-0.25, -0.2) is 0 Å². The van der Waals surface area contributed by atoms with Gasteiger partial charge in [0.2, 0.25) is 0 Å². The standard InChI is InChI=1S/C15H26O2S/c1-12(2)14(16)4-3-13-5-8-17-15(11-13)6-9-18-10-7-15/h12-13H,3-11H2,1-2H3. The molecule has 18 heavy (non-hydrogen) atoms. The van der Waals surface area contributed by atoms with Crippen molar-refractivity contribution in [1.29, 1.82) is 0 Å². The Balaban J connectivity index is 1.81. The van der Waals surface area contributed by atoms with Crippen molar-refractivity contribution in [2.45, 2.75) is 58.0 Å². The molecule has 0 aromatic heterocycles. The lowest BCUT2D eigenvalue weighted by Gasteiger charge is -2.43. The topological polar surface area (TPSA) is 26.3 Å². The van der Waals surface area contributed by atoms with Crippen molar-refractivity contribution >= 4 is 17.5 Å². The fourth-order valence-corrected chi connectivity index (χ4v) is 4.34. The third-order valence-corrected chi connectivity index (χ3v) is 5.43. The van der Waals surface area contributed by atoms with Gasteiger partial charge in [0.05, 0.1) is 5.60 Å². The van der Waals surface area contributed by atoms with E-state index in [1.165, 1.54) is 30.8 Å². The van der Waals surface area contributed by atoms with E-state index in [1.54, 1.807) is 0 Å². The number of ketones is 1. The molecule has 2 aliphatic rings. The van der Waals surface area contributed by atoms with E-state index in [9.17, 15) is 4.79 Å². The van der Waals surface area contributed by atoms with Gasteiger partial charge in [-0.3, -0.25) is 4.79 Å². The van der Waals surface area contributed by atoms with Crippen LogP contribution < -0.4 is 0 Å². The van der Waals surface area contributed by atoms with Gasteiger partial charge in [-0.1, -0.05) is 13.8 Å². The maximum atomic E-state index is 11.7. The minimum Gasteiger partial charge on any atom is -0.375 e. The van der Waals surface area contributed by atoms with Crippen LogP contribution in [-0.4, -0.2) is 29.5 Å². The van der Waals surface area contributed by atoms with E-state index < -0.39 is 0 Å². The molecule has 0 radical (unpaired) electrons. The molecule has 0 bridgehead atoms. The molecule has 0 aromatic rings. The van der Waals surface area contributed by atoms with E-state index >= 15 is 0 Å². The van der Waals surface area contributed by atoms with Gasteiger partial charge >= 0.3 is 0 Å². The number of rotatable bonds is 4. The quantitative estimate of drug-likeness (QED) is 0.779. The first-order valence-electron chi connectivity index (χ1n) is 7.36. The zero-order chi connectivity index (χ0) is 13.0. The predicted molar refractivity (Wildman–Crippen MR) is 77.0 cm³/mol. The van der Waals surface area contributed by atoms with Crippen LogP contribution in [0.3, 0.4) is 0 Å². The summed E-state index contributed by atoms with van der Waals surface area (Å²) in [5.74, 6) is 3.83. The summed E-state index contributed by atoms with van der Waals surface area (Å²) in [5.41, 5.74) is 0.176. The maximum Gasteiger partial charge on any atom is 0.135 e. The molecule has 1 spiro atoms. The summed E-state index contributed by atoms with van der Waals surface area (Å²) in [6, 6.07) is 0. The second kappa shape index (κ2) is 6.42. The first kappa shape index (κ1) is 14.4. The zero-order valence-electron chi connectivity index (χ0n) is 11.7. The molecule has 2 heterocycles. The Labute approximate surface area is 115 Å². The number of hydrogen-bond donors (Lipinski definition) is 0. The molecule has 1 unspecified atom stereocenters. The van der Waals surface area contributed by atoms with Crippen LogP contribution in [0.5, 0.6) is 0 Å². The smallest absolute Gasteiger partial charge is 0.135 e. The van der Waals surface area contributed by atoms with Crippen molar-refractivity contribution in [3.05, 3.63) is 0 Å². The molecular formula is C15H26O2S. The number of hydrogen-bond acceptors (Lipinski definition) is 3. The zero-order valence-corrected chi connectivity index (χ0v) is 12.6. The fraction of sp³-hybridized carbons (Fsp3) is 0.933. The van der Waals surface area contributed by atoms with E-state index in [-0.39, 0.29) is 11.5 Å². The maximum absolute atomic E-state index is 11.7. The van der Waals surface area contributed by atoms with E-state index in [4.69, 9.17) is 4.74 Å². The predicted octanol–water partition coefficient (Wildman–Crippen LogP) is 3.68. The Morgan fingerprint density at radius 3 is 2.78 bits per heavy atom. The molecule has 3 heteroatoms. The molecule has 2 fully saturated rings. The van der Waals surface area contributed by atoms with Gasteiger partial charge in [-0.05, 0) is 49.5 Å². The van der Waals surface area contributed by atoms with Crippen LogP contribution in [0.1, 0.15) is 52.4 Å². The second-order valence-electron chi connectivity index (χ2n) is 6.16. The van der Waals surface area contributed by atoms with Gasteiger partial charge in [-0.15, -0.1) is 0 Å². The normalized spacial score (nSPS) is 27.6. The van der Waals surface area contributed by atoms with E-state index in [2.05, 4.69) is 11.8 Å². The summed E-state index contributed by atoms with van der Waals surface area (Å²) in [6.07, 6.45) is 6.63. The average molecular weight is 270 g/mol. The van der Waals surface area contributed by atoms with Crippen LogP contribution >= 0.6 is 11.8 Å². The van der Waals surface area contributed by atoms with Crippen LogP contribution in [0.2, 0.25) is 0 Å². The molecule has 0 saturated carbocycles. The Hall–Kier alpha value is -0.0200. The monoisotopic (exact) mass is 270 g/mol. The van der Waals surface area contributed by atoms with Crippen LogP contribution in [0.4, 0.5) is 0 Å². The molecule has 0 aliphatic carbocycles. The second-order valence-corrected chi connectivity index (χ2v) is 7.39. The number of carbonyl (C=O) groups excluding carboxylic acids is 1. The van der Waals surface area contributed by atoms with Crippen LogP contribution in [0, 0.1) is 11.8 Å². The van der Waals surface area contributed by atoms with E-state index in [0.29, 0.717) is 11.7 Å². The number of thioether (sulfide) groups is 1. The first-order valence-corrected chi connectivity index (χ1v) is 8.51. The van der Waals surface area contributed by atoms with Crippen LogP contribution in [0.15, 0.2) is 0 Å². The minimum absolute atomic E-state index is 0.176. The van der Waals surface area contributed by atoms with Crippen LogP contribution in [-0.2, 0) is 9.53 Å². The van der Waals surface area contributed by atoms with Crippen molar-refractivity contribution < 1.29 is 9.53 Å². The van der Waals surface area contributed by atoms with E-state index in [0.717, 1.165) is 25.9 Å². The summed E-state index contributed by atoms with van der Waals surface area (Å²) < 4.78 is 6.09. The summed E-state index contributed by atoms with van der Waals surface area (Å²) >= 11 is 2.05. The van der Waals surface area contributed by atoms with Gasteiger partial charge in [0, 0.05) is 18.9 Å². The summed E-state index contributed by atoms with van der Waals surface area (Å²) in [4.78, 5) is 11.7. The van der Waals surface area contributed by atoms with Gasteiger partial charge in [0.15, 0.2) is 0 Å². The highest BCUT2D eigenvalue weighted by atomic mass is 32.2. The van der Waals surface area contributed by atoms with Crippen molar-refractivity contribution in [3.63, 3.8) is 0 Å². The molecular weight excluding hydrogens is 244 g/mol. The Kier molecular flexibility index (Phi) is 5.14. The van der Waals surface area contributed by atoms with Crippen molar-refractivity contribution in [3.8, 4) is 0 Å². The summed E-state index contributed by atoms with van der Waals surface area (Å²) in [7, 11) is 0. The first-order chi connectivity index (χ1) is 8.61. The lowest BCUT2D eigenvalue weighted by molar-refractivity contribution is -0.124. The fourth-order valence-electron chi connectivity index (χ4n) is 3.10. The third kappa shape index (κ3) is 3.74. The van der Waals surface area contributed by atoms with Crippen molar-refractivity contribution in [2.24, 2.45) is 11.8 Å². The molecule has 0 amide bonds. The number of carbonyl (C=O) groups is 1. The van der Waals surface area contributed by atoms with Gasteiger partial charge in [-0.2, -0.15) is 11.8 Å². The molecule has 0 aromatic carbocycles. The third-order valence-electron chi connectivity index (χ3n) is 4.44. The van der Waals surface area contributed by atoms with Crippen LogP contribution in [0.25, 0.3) is 0 Å². The molecule has 2 rings (SSSR count). The molecule has 0 N–H and O–H groups in total. The Morgan fingerprint density at radius 2 is 2.11 bits per heavy atom. The lowest BCUT2D eigenvalue weighted by Crippen LogP contribution is -2.42. The highest BCUT2D eigenvalue weighted by molar-refractivity contribution is 7.99. The summed E-state index contributed by atoms with van der Waals surface area (Å²) in [6.45, 7) is 4.92. The SMILES string of the molecule is CC(C)C(=O)CCC1CCOC2(CCSCC2)C1.